The predicted octanol–water partition coefficient (Wildman–Crippen LogP) is 0.816. The van der Waals surface area contributed by atoms with Crippen LogP contribution in [0, 0.1) is 5.92 Å². The normalized spacial score (nSPS) is 15.2. The Labute approximate surface area is 99.6 Å². The molecule has 0 spiro atoms. The molecule has 0 bridgehead atoms. The number of nitrogens with one attached hydrogen (secondary N) is 1. The van der Waals surface area contributed by atoms with Gasteiger partial charge in [-0.3, -0.25) is 4.79 Å². The van der Waals surface area contributed by atoms with E-state index in [-0.39, 0.29) is 11.9 Å². The standard InChI is InChI=1S/C12H27N3O/c1-6-10(13)7-12(16)14-8-11(9(2)3)15(4)5/h9-11H,6-8,13H2,1-5H3,(H,14,16). The quantitative estimate of drug-likeness (QED) is 0.679. The van der Waals surface area contributed by atoms with E-state index in [1.807, 2.05) is 21.0 Å². The lowest BCUT2D eigenvalue weighted by Gasteiger charge is -2.28. The van der Waals surface area contributed by atoms with Crippen molar-refractivity contribution in [1.29, 1.82) is 0 Å². The van der Waals surface area contributed by atoms with Crippen molar-refractivity contribution in [2.45, 2.75) is 45.7 Å². The first-order valence-electron chi connectivity index (χ1n) is 6.07. The summed E-state index contributed by atoms with van der Waals surface area (Å²) in [5.41, 5.74) is 5.73. The van der Waals surface area contributed by atoms with Crippen molar-refractivity contribution in [3.8, 4) is 0 Å². The van der Waals surface area contributed by atoms with Crippen molar-refractivity contribution in [3.63, 3.8) is 0 Å². The topological polar surface area (TPSA) is 58.4 Å². The van der Waals surface area contributed by atoms with Crippen molar-refractivity contribution in [3.05, 3.63) is 0 Å². The largest absolute Gasteiger partial charge is 0.354 e. The number of hydrogen-bond acceptors (Lipinski definition) is 3. The fraction of sp³-hybridized carbons (Fsp3) is 0.917. The van der Waals surface area contributed by atoms with Gasteiger partial charge in [-0.15, -0.1) is 0 Å². The van der Waals surface area contributed by atoms with Gasteiger partial charge in [0.25, 0.3) is 0 Å². The number of carbonyl (C=O) groups is 1. The van der Waals surface area contributed by atoms with Gasteiger partial charge in [0.2, 0.25) is 5.91 Å². The summed E-state index contributed by atoms with van der Waals surface area (Å²) >= 11 is 0. The Hall–Kier alpha value is -0.610. The zero-order chi connectivity index (χ0) is 12.7. The minimum atomic E-state index is -0.0168. The van der Waals surface area contributed by atoms with Crippen molar-refractivity contribution >= 4 is 5.91 Å². The number of likely N-dealkylation sites (N-methyl/N-ethyl adjacent to an activating group) is 1. The molecule has 0 aromatic heterocycles. The zero-order valence-corrected chi connectivity index (χ0v) is 11.3. The average Bonchev–Trinajstić information content (AvgIpc) is 2.16. The fourth-order valence-electron chi connectivity index (χ4n) is 1.69. The third-order valence-corrected chi connectivity index (χ3v) is 2.91. The van der Waals surface area contributed by atoms with Crippen LogP contribution in [0.25, 0.3) is 0 Å². The summed E-state index contributed by atoms with van der Waals surface area (Å²) in [6.07, 6.45) is 1.27. The minimum absolute atomic E-state index is 0.0168. The summed E-state index contributed by atoms with van der Waals surface area (Å²) in [6, 6.07) is 0.360. The third kappa shape index (κ3) is 6.08. The van der Waals surface area contributed by atoms with Crippen LogP contribution in [0.3, 0.4) is 0 Å². The molecular weight excluding hydrogens is 202 g/mol. The Kier molecular flexibility index (Phi) is 7.34. The second-order valence-corrected chi connectivity index (χ2v) is 4.95. The molecule has 96 valence electrons. The molecule has 3 N–H and O–H groups in total. The van der Waals surface area contributed by atoms with Gasteiger partial charge in [0, 0.05) is 25.0 Å². The SMILES string of the molecule is CCC(N)CC(=O)NCC(C(C)C)N(C)C. The maximum Gasteiger partial charge on any atom is 0.221 e. The van der Waals surface area contributed by atoms with E-state index < -0.39 is 0 Å². The summed E-state index contributed by atoms with van der Waals surface area (Å²) in [7, 11) is 4.07. The van der Waals surface area contributed by atoms with Crippen LogP contribution in [-0.4, -0.2) is 43.5 Å². The molecule has 16 heavy (non-hydrogen) atoms. The Morgan fingerprint density at radius 1 is 1.38 bits per heavy atom. The number of carbonyl (C=O) groups excluding carboxylic acids is 1. The molecule has 0 aromatic rings. The number of amides is 1. The molecule has 0 aliphatic carbocycles. The molecule has 2 unspecified atom stereocenters. The molecule has 1 amide bonds. The van der Waals surface area contributed by atoms with E-state index in [1.54, 1.807) is 0 Å². The summed E-state index contributed by atoms with van der Waals surface area (Å²) in [5.74, 6) is 0.581. The van der Waals surface area contributed by atoms with Crippen LogP contribution in [-0.2, 0) is 4.79 Å². The molecule has 0 heterocycles. The van der Waals surface area contributed by atoms with Crippen LogP contribution >= 0.6 is 0 Å². The van der Waals surface area contributed by atoms with Crippen molar-refractivity contribution in [2.75, 3.05) is 20.6 Å². The number of rotatable bonds is 7. The molecule has 0 radical (unpaired) electrons. The molecule has 0 saturated heterocycles. The third-order valence-electron chi connectivity index (χ3n) is 2.91. The second-order valence-electron chi connectivity index (χ2n) is 4.95. The molecule has 0 rings (SSSR count). The highest BCUT2D eigenvalue weighted by molar-refractivity contribution is 5.76. The Bertz CT molecular complexity index is 196. The van der Waals surface area contributed by atoms with Crippen LogP contribution in [0.5, 0.6) is 0 Å². The van der Waals surface area contributed by atoms with E-state index in [4.69, 9.17) is 5.73 Å². The lowest BCUT2D eigenvalue weighted by molar-refractivity contribution is -0.121. The van der Waals surface area contributed by atoms with Gasteiger partial charge in [-0.25, -0.2) is 0 Å². The van der Waals surface area contributed by atoms with E-state index in [2.05, 4.69) is 24.1 Å². The van der Waals surface area contributed by atoms with Crippen LogP contribution in [0.1, 0.15) is 33.6 Å². The van der Waals surface area contributed by atoms with E-state index in [0.29, 0.717) is 24.9 Å². The smallest absolute Gasteiger partial charge is 0.221 e. The first kappa shape index (κ1) is 15.4. The molecular formula is C12H27N3O. The highest BCUT2D eigenvalue weighted by Crippen LogP contribution is 2.06. The van der Waals surface area contributed by atoms with E-state index in [9.17, 15) is 4.79 Å². The predicted molar refractivity (Wildman–Crippen MR) is 68.2 cm³/mol. The lowest BCUT2D eigenvalue weighted by atomic mass is 10.0. The van der Waals surface area contributed by atoms with E-state index in [0.717, 1.165) is 6.42 Å². The summed E-state index contributed by atoms with van der Waals surface area (Å²) in [4.78, 5) is 13.7. The maximum atomic E-state index is 11.6. The number of nitrogens with two attached hydrogens (primary N) is 1. The van der Waals surface area contributed by atoms with E-state index >= 15 is 0 Å². The summed E-state index contributed by atoms with van der Waals surface area (Å²) in [6.45, 7) is 7.01. The van der Waals surface area contributed by atoms with Crippen LogP contribution in [0.2, 0.25) is 0 Å². The Morgan fingerprint density at radius 2 is 1.94 bits per heavy atom. The van der Waals surface area contributed by atoms with Gasteiger partial charge in [-0.05, 0) is 26.4 Å². The van der Waals surface area contributed by atoms with Crippen molar-refractivity contribution < 1.29 is 4.79 Å². The van der Waals surface area contributed by atoms with Crippen molar-refractivity contribution in [2.24, 2.45) is 11.7 Å². The van der Waals surface area contributed by atoms with Gasteiger partial charge >= 0.3 is 0 Å². The first-order valence-corrected chi connectivity index (χ1v) is 6.07. The Morgan fingerprint density at radius 3 is 2.31 bits per heavy atom. The van der Waals surface area contributed by atoms with Crippen LogP contribution in [0.15, 0.2) is 0 Å². The van der Waals surface area contributed by atoms with Gasteiger partial charge < -0.3 is 16.0 Å². The average molecular weight is 229 g/mol. The van der Waals surface area contributed by atoms with Crippen molar-refractivity contribution in [1.82, 2.24) is 10.2 Å². The molecule has 2 atom stereocenters. The van der Waals surface area contributed by atoms with Gasteiger partial charge in [-0.1, -0.05) is 20.8 Å². The number of nitrogens with zero attached hydrogens (tertiary/aromatic N) is 1. The maximum absolute atomic E-state index is 11.6. The Balaban J connectivity index is 3.97. The van der Waals surface area contributed by atoms with Gasteiger partial charge in [0.15, 0.2) is 0 Å². The molecule has 0 aliphatic rings. The summed E-state index contributed by atoms with van der Waals surface area (Å²) in [5, 5.41) is 2.95. The molecule has 4 nitrogen and oxygen atoms in total. The molecule has 0 aliphatic heterocycles. The van der Waals surface area contributed by atoms with Gasteiger partial charge in [0.05, 0.1) is 0 Å². The fourth-order valence-corrected chi connectivity index (χ4v) is 1.69. The highest BCUT2D eigenvalue weighted by Gasteiger charge is 2.17. The molecule has 0 fully saturated rings. The highest BCUT2D eigenvalue weighted by atomic mass is 16.1. The second kappa shape index (κ2) is 7.63. The summed E-state index contributed by atoms with van der Waals surface area (Å²) < 4.78 is 0. The number of hydrogen-bond donors (Lipinski definition) is 2. The van der Waals surface area contributed by atoms with Crippen LogP contribution in [0.4, 0.5) is 0 Å². The monoisotopic (exact) mass is 229 g/mol. The van der Waals surface area contributed by atoms with Crippen LogP contribution < -0.4 is 11.1 Å². The molecule has 0 saturated carbocycles. The lowest BCUT2D eigenvalue weighted by Crippen LogP contribution is -2.44. The minimum Gasteiger partial charge on any atom is -0.354 e. The van der Waals surface area contributed by atoms with E-state index in [1.165, 1.54) is 0 Å². The van der Waals surface area contributed by atoms with Gasteiger partial charge in [-0.2, -0.15) is 0 Å². The van der Waals surface area contributed by atoms with Gasteiger partial charge in [0.1, 0.15) is 0 Å². The zero-order valence-electron chi connectivity index (χ0n) is 11.3. The molecule has 4 heteroatoms. The molecule has 0 aromatic carbocycles. The first-order chi connectivity index (χ1) is 7.38.